The molecule has 2 aromatic heterocycles. The molecule has 216 valence electrons. The topological polar surface area (TPSA) is 73.8 Å². The summed E-state index contributed by atoms with van der Waals surface area (Å²) < 4.78 is 14.7. The molecule has 1 aliphatic rings. The number of carbonyl (C=O) groups excluding carboxylic acids is 1. The number of nitrogens with zero attached hydrogens (tertiary/aromatic N) is 2. The molecule has 0 spiro atoms. The van der Waals surface area contributed by atoms with E-state index in [1.54, 1.807) is 29.3 Å². The van der Waals surface area contributed by atoms with Crippen molar-refractivity contribution in [3.8, 4) is 11.3 Å². The van der Waals surface area contributed by atoms with Gasteiger partial charge in [0.15, 0.2) is 4.80 Å². The Kier molecular flexibility index (Phi) is 8.38. The predicted octanol–water partition coefficient (Wildman–Crippen LogP) is 6.99. The number of furan rings is 1. The van der Waals surface area contributed by atoms with Crippen molar-refractivity contribution < 1.29 is 13.9 Å². The molecule has 43 heavy (non-hydrogen) atoms. The number of aryl methyl sites for hydroxylation is 1. The highest BCUT2D eigenvalue weighted by Crippen LogP contribution is 2.36. The second-order valence-corrected chi connectivity index (χ2v) is 12.6. The van der Waals surface area contributed by atoms with Gasteiger partial charge in [0.05, 0.1) is 28.5 Å². The lowest BCUT2D eigenvalue weighted by molar-refractivity contribution is -0.138. The van der Waals surface area contributed by atoms with Gasteiger partial charge < -0.3 is 9.15 Å². The van der Waals surface area contributed by atoms with Crippen molar-refractivity contribution in [1.29, 1.82) is 0 Å². The van der Waals surface area contributed by atoms with E-state index in [0.29, 0.717) is 32.1 Å². The summed E-state index contributed by atoms with van der Waals surface area (Å²) >= 11 is 6.52. The number of carbonyl (C=O) groups is 1. The van der Waals surface area contributed by atoms with Crippen LogP contribution in [0.1, 0.15) is 35.4 Å². The number of esters is 1. The Morgan fingerprint density at radius 2 is 1.86 bits per heavy atom. The van der Waals surface area contributed by atoms with Gasteiger partial charge in [-0.25, -0.2) is 9.79 Å². The van der Waals surface area contributed by atoms with Gasteiger partial charge in [-0.05, 0) is 67.6 Å². The Morgan fingerprint density at radius 3 is 2.56 bits per heavy atom. The maximum atomic E-state index is 14.1. The lowest BCUT2D eigenvalue weighted by Crippen LogP contribution is -2.40. The molecule has 0 N–H and O–H groups in total. The summed E-state index contributed by atoms with van der Waals surface area (Å²) in [7, 11) is 0. The number of rotatable bonds is 7. The Hall–Kier alpha value is -3.92. The van der Waals surface area contributed by atoms with E-state index in [4.69, 9.17) is 14.1 Å². The summed E-state index contributed by atoms with van der Waals surface area (Å²) in [6.45, 7) is 4.00. The van der Waals surface area contributed by atoms with Crippen LogP contribution in [0.4, 0.5) is 0 Å². The zero-order valence-electron chi connectivity index (χ0n) is 23.7. The second-order valence-electron chi connectivity index (χ2n) is 9.89. The average Bonchev–Trinajstić information content (AvgIpc) is 3.60. The average molecular weight is 672 g/mol. The Bertz CT molecular complexity index is 2040. The van der Waals surface area contributed by atoms with Crippen molar-refractivity contribution in [3.05, 3.63) is 137 Å². The minimum atomic E-state index is -0.723. The zero-order valence-corrected chi connectivity index (χ0v) is 26.9. The van der Waals surface area contributed by atoms with Gasteiger partial charge in [0.2, 0.25) is 0 Å². The number of hydrogen-bond donors (Lipinski definition) is 0. The van der Waals surface area contributed by atoms with Gasteiger partial charge in [-0.15, -0.1) is 11.8 Å². The molecule has 0 aliphatic carbocycles. The number of benzene rings is 3. The standard InChI is InChI=1S/C34H27BrN2O4S2/c1-4-40-33(39)29-30(21-8-6-5-7-9-21)36-34-37(31(29)22-11-14-24(42-3)15-12-22)32(38)28(43-34)19-23-13-17-27(41-23)25-16-10-20(2)18-26(25)35/h5-19,31H,4H2,1-3H3/b28-19-/t31-/m0/s1. The first-order chi connectivity index (χ1) is 20.9. The third-order valence-electron chi connectivity index (χ3n) is 7.10. The SMILES string of the molecule is CCOC(=O)C1=C(c2ccccc2)N=c2s/c(=C\c3ccc(-c4ccc(C)cc4Br)o3)c(=O)n2[C@H]1c1ccc(SC)cc1. The molecular weight excluding hydrogens is 644 g/mol. The summed E-state index contributed by atoms with van der Waals surface area (Å²) in [5.41, 5.74) is 4.19. The van der Waals surface area contributed by atoms with Gasteiger partial charge in [0.25, 0.3) is 5.56 Å². The molecule has 0 saturated carbocycles. The molecule has 3 heterocycles. The Morgan fingerprint density at radius 1 is 1.09 bits per heavy atom. The minimum Gasteiger partial charge on any atom is -0.463 e. The summed E-state index contributed by atoms with van der Waals surface area (Å²) in [6.07, 6.45) is 3.74. The van der Waals surface area contributed by atoms with E-state index in [2.05, 4.69) is 15.9 Å². The normalized spacial score (nSPS) is 14.9. The zero-order chi connectivity index (χ0) is 30.1. The van der Waals surface area contributed by atoms with Crippen molar-refractivity contribution in [1.82, 2.24) is 4.57 Å². The second kappa shape index (κ2) is 12.4. The van der Waals surface area contributed by atoms with Crippen molar-refractivity contribution in [2.75, 3.05) is 12.9 Å². The number of halogens is 1. The van der Waals surface area contributed by atoms with Crippen molar-refractivity contribution in [3.63, 3.8) is 0 Å². The van der Waals surface area contributed by atoms with Crippen LogP contribution >= 0.6 is 39.0 Å². The Labute approximate surface area is 265 Å². The maximum absolute atomic E-state index is 14.1. The minimum absolute atomic E-state index is 0.199. The maximum Gasteiger partial charge on any atom is 0.338 e. The number of ether oxygens (including phenoxy) is 1. The monoisotopic (exact) mass is 670 g/mol. The van der Waals surface area contributed by atoms with E-state index < -0.39 is 12.0 Å². The van der Waals surface area contributed by atoms with Crippen molar-refractivity contribution >= 4 is 56.8 Å². The molecule has 0 unspecified atom stereocenters. The van der Waals surface area contributed by atoms with E-state index in [1.165, 1.54) is 11.3 Å². The fourth-order valence-corrected chi connectivity index (χ4v) is 7.14. The van der Waals surface area contributed by atoms with Crippen LogP contribution in [0.2, 0.25) is 0 Å². The van der Waals surface area contributed by atoms with Crippen LogP contribution in [0.25, 0.3) is 23.1 Å². The van der Waals surface area contributed by atoms with Gasteiger partial charge in [0, 0.05) is 26.6 Å². The number of hydrogen-bond acceptors (Lipinski definition) is 7. The molecule has 0 fully saturated rings. The van der Waals surface area contributed by atoms with Crippen LogP contribution in [0.5, 0.6) is 0 Å². The summed E-state index contributed by atoms with van der Waals surface area (Å²) in [5, 5.41) is 0. The molecule has 1 aliphatic heterocycles. The molecule has 9 heteroatoms. The van der Waals surface area contributed by atoms with Gasteiger partial charge in [-0.3, -0.25) is 9.36 Å². The molecule has 0 amide bonds. The van der Waals surface area contributed by atoms with Crippen LogP contribution < -0.4 is 14.9 Å². The molecule has 3 aromatic carbocycles. The number of fused-ring (bicyclic) bond motifs is 1. The highest BCUT2D eigenvalue weighted by Gasteiger charge is 2.35. The van der Waals surface area contributed by atoms with Crippen LogP contribution in [0.3, 0.4) is 0 Å². The highest BCUT2D eigenvalue weighted by atomic mass is 79.9. The number of thioether (sulfide) groups is 1. The first-order valence-electron chi connectivity index (χ1n) is 13.7. The van der Waals surface area contributed by atoms with Crippen LogP contribution in [-0.4, -0.2) is 23.4 Å². The van der Waals surface area contributed by atoms with E-state index in [1.807, 2.05) is 98.1 Å². The third-order valence-corrected chi connectivity index (χ3v) is 9.48. The molecule has 5 aromatic rings. The van der Waals surface area contributed by atoms with Gasteiger partial charge in [0.1, 0.15) is 11.5 Å². The number of aromatic nitrogens is 1. The lowest BCUT2D eigenvalue weighted by Gasteiger charge is -2.26. The summed E-state index contributed by atoms with van der Waals surface area (Å²) in [5.74, 6) is 0.729. The quantitative estimate of drug-likeness (QED) is 0.138. The smallest absolute Gasteiger partial charge is 0.338 e. The summed E-state index contributed by atoms with van der Waals surface area (Å²) in [4.78, 5) is 34.2. The van der Waals surface area contributed by atoms with Gasteiger partial charge in [-0.2, -0.15) is 0 Å². The molecule has 6 rings (SSSR count). The van der Waals surface area contributed by atoms with Crippen LogP contribution in [-0.2, 0) is 9.53 Å². The summed E-state index contributed by atoms with van der Waals surface area (Å²) in [6, 6.07) is 26.5. The van der Waals surface area contributed by atoms with E-state index >= 15 is 0 Å². The first kappa shape index (κ1) is 29.2. The molecule has 0 saturated heterocycles. The van der Waals surface area contributed by atoms with Crippen LogP contribution in [0, 0.1) is 6.92 Å². The lowest BCUT2D eigenvalue weighted by atomic mass is 9.93. The molecular formula is C34H27BrN2O4S2. The van der Waals surface area contributed by atoms with Crippen LogP contribution in [0.15, 0.2) is 114 Å². The predicted molar refractivity (Wildman–Crippen MR) is 176 cm³/mol. The van der Waals surface area contributed by atoms with Gasteiger partial charge in [-0.1, -0.05) is 75.8 Å². The Balaban J connectivity index is 1.55. The third kappa shape index (κ3) is 5.72. The van der Waals surface area contributed by atoms with E-state index in [9.17, 15) is 9.59 Å². The van der Waals surface area contributed by atoms with Crippen molar-refractivity contribution in [2.24, 2.45) is 4.99 Å². The first-order valence-corrected chi connectivity index (χ1v) is 16.5. The molecule has 1 atom stereocenters. The van der Waals surface area contributed by atoms with E-state index in [-0.39, 0.29) is 12.2 Å². The molecule has 0 radical (unpaired) electrons. The number of thiazole rings is 1. The largest absolute Gasteiger partial charge is 0.463 e. The molecule has 0 bridgehead atoms. The fraction of sp³-hybridized carbons (Fsp3) is 0.147. The van der Waals surface area contributed by atoms with Gasteiger partial charge >= 0.3 is 5.97 Å². The highest BCUT2D eigenvalue weighted by molar-refractivity contribution is 9.10. The van der Waals surface area contributed by atoms with E-state index in [0.717, 1.165) is 31.6 Å². The van der Waals surface area contributed by atoms with Crippen molar-refractivity contribution in [2.45, 2.75) is 24.8 Å². The fourth-order valence-electron chi connectivity index (χ4n) is 5.07. The molecule has 6 nitrogen and oxygen atoms in total.